The number of anilines is 1. The summed E-state index contributed by atoms with van der Waals surface area (Å²) in [4.78, 5) is 0.103. The van der Waals surface area contributed by atoms with Gasteiger partial charge < -0.3 is 15.2 Å². The highest BCUT2D eigenvalue weighted by Gasteiger charge is 2.18. The maximum atomic E-state index is 12.2. The van der Waals surface area contributed by atoms with E-state index in [2.05, 4.69) is 4.72 Å². The van der Waals surface area contributed by atoms with Crippen LogP contribution in [0.25, 0.3) is 0 Å². The van der Waals surface area contributed by atoms with Gasteiger partial charge in [0.2, 0.25) is 10.0 Å². The molecule has 6 nitrogen and oxygen atoms in total. The lowest BCUT2D eigenvalue weighted by molar-refractivity contribution is 0.192. The Kier molecular flexibility index (Phi) is 6.77. The Morgan fingerprint density at radius 1 is 1.20 bits per heavy atom. The van der Waals surface area contributed by atoms with Gasteiger partial charge in [0.1, 0.15) is 10.6 Å². The van der Waals surface area contributed by atoms with Crippen molar-refractivity contribution >= 4 is 15.7 Å². The van der Waals surface area contributed by atoms with E-state index in [1.54, 1.807) is 7.11 Å². The Labute approximate surface area is 120 Å². The highest BCUT2D eigenvalue weighted by Crippen LogP contribution is 2.25. The van der Waals surface area contributed by atoms with Gasteiger partial charge in [-0.15, -0.1) is 0 Å². The molecule has 0 atom stereocenters. The van der Waals surface area contributed by atoms with E-state index in [1.807, 2.05) is 0 Å². The summed E-state index contributed by atoms with van der Waals surface area (Å²) in [5, 5.41) is 0. The van der Waals surface area contributed by atoms with Crippen molar-refractivity contribution in [1.82, 2.24) is 4.72 Å². The van der Waals surface area contributed by atoms with Crippen molar-refractivity contribution in [1.29, 1.82) is 0 Å². The van der Waals surface area contributed by atoms with Gasteiger partial charge in [0, 0.05) is 32.0 Å². The lowest BCUT2D eigenvalue weighted by Gasteiger charge is -2.11. The zero-order valence-electron chi connectivity index (χ0n) is 11.9. The summed E-state index contributed by atoms with van der Waals surface area (Å²) in [6, 6.07) is 4.48. The quantitative estimate of drug-likeness (QED) is 0.531. The lowest BCUT2D eigenvalue weighted by atomic mass is 10.2. The molecule has 1 aromatic rings. The number of unbranched alkanes of at least 4 members (excludes halogenated alkanes) is 2. The predicted octanol–water partition coefficient (Wildman–Crippen LogP) is 1.37. The molecule has 114 valence electrons. The van der Waals surface area contributed by atoms with Gasteiger partial charge in [-0.25, -0.2) is 13.1 Å². The van der Waals surface area contributed by atoms with Gasteiger partial charge >= 0.3 is 0 Å². The predicted molar refractivity (Wildman–Crippen MR) is 78.3 cm³/mol. The van der Waals surface area contributed by atoms with Crippen LogP contribution in [0.5, 0.6) is 5.75 Å². The molecule has 0 radical (unpaired) electrons. The van der Waals surface area contributed by atoms with Gasteiger partial charge in [-0.1, -0.05) is 0 Å². The fraction of sp³-hybridized carbons (Fsp3) is 0.538. The van der Waals surface area contributed by atoms with Crippen molar-refractivity contribution in [3.8, 4) is 5.75 Å². The number of benzene rings is 1. The second kappa shape index (κ2) is 8.08. The Hall–Kier alpha value is -1.31. The van der Waals surface area contributed by atoms with E-state index in [9.17, 15) is 8.42 Å². The minimum Gasteiger partial charge on any atom is -0.495 e. The van der Waals surface area contributed by atoms with Crippen LogP contribution < -0.4 is 15.2 Å². The number of ether oxygens (including phenoxy) is 2. The first kappa shape index (κ1) is 16.7. The maximum absolute atomic E-state index is 12.2. The van der Waals surface area contributed by atoms with Crippen molar-refractivity contribution in [3.63, 3.8) is 0 Å². The minimum absolute atomic E-state index is 0.103. The first-order valence-electron chi connectivity index (χ1n) is 6.43. The van der Waals surface area contributed by atoms with Crippen molar-refractivity contribution in [2.75, 3.05) is 33.1 Å². The molecule has 0 fully saturated rings. The zero-order valence-corrected chi connectivity index (χ0v) is 12.7. The van der Waals surface area contributed by atoms with Crippen LogP contribution in [0.15, 0.2) is 23.1 Å². The van der Waals surface area contributed by atoms with Gasteiger partial charge in [-0.05, 0) is 31.4 Å². The van der Waals surface area contributed by atoms with Crippen LogP contribution in [0.1, 0.15) is 19.3 Å². The highest BCUT2D eigenvalue weighted by molar-refractivity contribution is 7.89. The van der Waals surface area contributed by atoms with Crippen LogP contribution in [0, 0.1) is 0 Å². The molecule has 0 heterocycles. The average molecular weight is 302 g/mol. The normalized spacial score (nSPS) is 11.5. The Morgan fingerprint density at radius 2 is 1.95 bits per heavy atom. The summed E-state index contributed by atoms with van der Waals surface area (Å²) in [5.41, 5.74) is 6.07. The molecule has 0 unspecified atom stereocenters. The molecule has 0 saturated heterocycles. The van der Waals surface area contributed by atoms with Crippen molar-refractivity contribution < 1.29 is 17.9 Å². The third-order valence-corrected chi connectivity index (χ3v) is 4.29. The van der Waals surface area contributed by atoms with E-state index < -0.39 is 10.0 Å². The summed E-state index contributed by atoms with van der Waals surface area (Å²) in [7, 11) is -0.510. The summed E-state index contributed by atoms with van der Waals surface area (Å²) >= 11 is 0. The molecule has 0 bridgehead atoms. The molecule has 1 aromatic carbocycles. The number of hydrogen-bond donors (Lipinski definition) is 2. The fourth-order valence-corrected chi connectivity index (χ4v) is 2.96. The molecule has 0 aliphatic heterocycles. The lowest BCUT2D eigenvalue weighted by Crippen LogP contribution is -2.25. The fourth-order valence-electron chi connectivity index (χ4n) is 1.74. The molecule has 0 aliphatic carbocycles. The molecule has 20 heavy (non-hydrogen) atoms. The Balaban J connectivity index is 2.60. The highest BCUT2D eigenvalue weighted by atomic mass is 32.2. The van der Waals surface area contributed by atoms with Crippen LogP contribution >= 0.6 is 0 Å². The number of nitrogen functional groups attached to an aromatic ring is 1. The number of nitrogens with two attached hydrogens (primary N) is 1. The summed E-state index contributed by atoms with van der Waals surface area (Å²) in [6.45, 7) is 1.08. The topological polar surface area (TPSA) is 90.7 Å². The summed E-state index contributed by atoms with van der Waals surface area (Å²) in [6.07, 6.45) is 2.60. The van der Waals surface area contributed by atoms with E-state index in [1.165, 1.54) is 25.3 Å². The van der Waals surface area contributed by atoms with Crippen LogP contribution in [0.2, 0.25) is 0 Å². The number of sulfonamides is 1. The number of hydrogen-bond acceptors (Lipinski definition) is 5. The van der Waals surface area contributed by atoms with Crippen LogP contribution in [0.3, 0.4) is 0 Å². The van der Waals surface area contributed by atoms with Crippen LogP contribution in [0.4, 0.5) is 5.69 Å². The molecule has 0 aromatic heterocycles. The molecule has 1 rings (SSSR count). The summed E-state index contributed by atoms with van der Waals surface area (Å²) < 4.78 is 36.9. The van der Waals surface area contributed by atoms with Crippen molar-refractivity contribution in [3.05, 3.63) is 18.2 Å². The molecule has 3 N–H and O–H groups in total. The smallest absolute Gasteiger partial charge is 0.244 e. The van der Waals surface area contributed by atoms with E-state index in [0.717, 1.165) is 19.3 Å². The van der Waals surface area contributed by atoms with Crippen molar-refractivity contribution in [2.24, 2.45) is 0 Å². The number of rotatable bonds is 9. The SMILES string of the molecule is COCCCCCNS(=O)(=O)c1ccc(N)cc1OC. The standard InChI is InChI=1S/C13H22N2O4S/c1-18-9-5-3-4-8-15-20(16,17)13-7-6-11(14)10-12(13)19-2/h6-7,10,15H,3-5,8-9,14H2,1-2H3. The van der Waals surface area contributed by atoms with E-state index in [-0.39, 0.29) is 10.6 Å². The second-order valence-corrected chi connectivity index (χ2v) is 6.10. The molecule has 7 heteroatoms. The van der Waals surface area contributed by atoms with E-state index in [4.69, 9.17) is 15.2 Å². The average Bonchev–Trinajstić information content (AvgIpc) is 2.42. The second-order valence-electron chi connectivity index (χ2n) is 4.36. The van der Waals surface area contributed by atoms with Gasteiger partial charge in [0.25, 0.3) is 0 Å². The molecule has 0 saturated carbocycles. The first-order valence-corrected chi connectivity index (χ1v) is 7.91. The third kappa shape index (κ3) is 4.99. The molecule has 0 spiro atoms. The van der Waals surface area contributed by atoms with Gasteiger partial charge in [-0.3, -0.25) is 0 Å². The third-order valence-electron chi connectivity index (χ3n) is 2.79. The molecular weight excluding hydrogens is 280 g/mol. The minimum atomic E-state index is -3.57. The zero-order chi connectivity index (χ0) is 15.0. The van der Waals surface area contributed by atoms with E-state index >= 15 is 0 Å². The van der Waals surface area contributed by atoms with Gasteiger partial charge in [0.15, 0.2) is 0 Å². The first-order chi connectivity index (χ1) is 9.51. The van der Waals surface area contributed by atoms with E-state index in [0.29, 0.717) is 18.8 Å². The Morgan fingerprint density at radius 3 is 2.60 bits per heavy atom. The molecular formula is C13H22N2O4S. The molecule has 0 aliphatic rings. The largest absolute Gasteiger partial charge is 0.495 e. The Bertz CT molecular complexity index is 517. The van der Waals surface area contributed by atoms with Crippen LogP contribution in [-0.4, -0.2) is 35.8 Å². The van der Waals surface area contributed by atoms with Crippen molar-refractivity contribution in [2.45, 2.75) is 24.2 Å². The van der Waals surface area contributed by atoms with Gasteiger partial charge in [0.05, 0.1) is 7.11 Å². The monoisotopic (exact) mass is 302 g/mol. The molecule has 0 amide bonds. The van der Waals surface area contributed by atoms with Gasteiger partial charge in [-0.2, -0.15) is 0 Å². The number of methoxy groups -OCH3 is 2. The maximum Gasteiger partial charge on any atom is 0.244 e. The number of nitrogens with one attached hydrogen (secondary N) is 1. The summed E-state index contributed by atoms with van der Waals surface area (Å²) in [5.74, 6) is 0.247. The van der Waals surface area contributed by atoms with Crippen LogP contribution in [-0.2, 0) is 14.8 Å².